The molecule has 1 aliphatic carbocycles. The van der Waals surface area contributed by atoms with Gasteiger partial charge >= 0.3 is 0 Å². The number of methoxy groups -OCH3 is 1. The molecule has 8 heteroatoms. The van der Waals surface area contributed by atoms with Gasteiger partial charge < -0.3 is 25.4 Å². The van der Waals surface area contributed by atoms with E-state index in [1.807, 2.05) is 24.3 Å². The van der Waals surface area contributed by atoms with E-state index in [0.717, 1.165) is 62.9 Å². The molecule has 0 bridgehead atoms. The number of pyridine rings is 1. The van der Waals surface area contributed by atoms with E-state index < -0.39 is 5.41 Å². The summed E-state index contributed by atoms with van der Waals surface area (Å²) in [6.45, 7) is 3.37. The van der Waals surface area contributed by atoms with Crippen LogP contribution in [0.4, 0.5) is 15.9 Å². The van der Waals surface area contributed by atoms with Gasteiger partial charge in [-0.2, -0.15) is 5.26 Å². The topological polar surface area (TPSA) is 91.2 Å². The first-order valence-electron chi connectivity index (χ1n) is 12.6. The Bertz CT molecular complexity index is 997. The molecule has 0 spiro atoms. The minimum absolute atomic E-state index is 0.330. The second kappa shape index (κ2) is 12.3. The SMILES string of the molecule is COCCNC1CCC(Nc2cc(-c3cccc(NCC4(C#N)CCOCC4)c3)c(F)cn2)CC1. The number of rotatable bonds is 10. The van der Waals surface area contributed by atoms with E-state index in [4.69, 9.17) is 9.47 Å². The van der Waals surface area contributed by atoms with Crippen LogP contribution >= 0.6 is 0 Å². The number of anilines is 2. The molecule has 0 amide bonds. The fourth-order valence-corrected chi connectivity index (χ4v) is 4.91. The van der Waals surface area contributed by atoms with E-state index in [2.05, 4.69) is 27.0 Å². The maximum absolute atomic E-state index is 14.8. The lowest BCUT2D eigenvalue weighted by atomic mass is 9.81. The fourth-order valence-electron chi connectivity index (χ4n) is 4.91. The van der Waals surface area contributed by atoms with Crippen molar-refractivity contribution in [3.05, 3.63) is 42.3 Å². The quantitative estimate of drug-likeness (QED) is 0.428. The summed E-state index contributed by atoms with van der Waals surface area (Å²) in [6.07, 6.45) is 7.01. The highest BCUT2D eigenvalue weighted by Gasteiger charge is 2.32. The molecule has 35 heavy (non-hydrogen) atoms. The normalized spacial score (nSPS) is 21.7. The minimum Gasteiger partial charge on any atom is -0.383 e. The molecule has 0 unspecified atom stereocenters. The van der Waals surface area contributed by atoms with Gasteiger partial charge in [-0.15, -0.1) is 0 Å². The van der Waals surface area contributed by atoms with Crippen LogP contribution in [-0.4, -0.2) is 57.1 Å². The van der Waals surface area contributed by atoms with Gasteiger partial charge in [0.05, 0.1) is 24.3 Å². The second-order valence-electron chi connectivity index (χ2n) is 9.63. The summed E-state index contributed by atoms with van der Waals surface area (Å²) in [5, 5.41) is 20.1. The number of aromatic nitrogens is 1. The zero-order valence-electron chi connectivity index (χ0n) is 20.5. The lowest BCUT2D eigenvalue weighted by molar-refractivity contribution is 0.0456. The second-order valence-corrected chi connectivity index (χ2v) is 9.63. The van der Waals surface area contributed by atoms with E-state index in [0.29, 0.717) is 43.2 Å². The number of hydrogen-bond acceptors (Lipinski definition) is 7. The zero-order chi connectivity index (χ0) is 24.5. The highest BCUT2D eigenvalue weighted by Crippen LogP contribution is 2.32. The van der Waals surface area contributed by atoms with Gasteiger partial charge in [0.25, 0.3) is 0 Å². The first-order chi connectivity index (χ1) is 17.1. The molecule has 1 aromatic heterocycles. The Morgan fingerprint density at radius 3 is 2.69 bits per heavy atom. The van der Waals surface area contributed by atoms with Gasteiger partial charge in [0.1, 0.15) is 11.6 Å². The largest absolute Gasteiger partial charge is 0.383 e. The van der Waals surface area contributed by atoms with Crippen LogP contribution in [0.2, 0.25) is 0 Å². The number of ether oxygens (including phenoxy) is 2. The van der Waals surface area contributed by atoms with Crippen molar-refractivity contribution in [3.63, 3.8) is 0 Å². The Kier molecular flexibility index (Phi) is 8.91. The van der Waals surface area contributed by atoms with Crippen molar-refractivity contribution in [1.82, 2.24) is 10.3 Å². The molecule has 1 aliphatic heterocycles. The van der Waals surface area contributed by atoms with Crippen LogP contribution < -0.4 is 16.0 Å². The van der Waals surface area contributed by atoms with Crippen molar-refractivity contribution >= 4 is 11.5 Å². The zero-order valence-corrected chi connectivity index (χ0v) is 20.5. The first-order valence-corrected chi connectivity index (χ1v) is 12.6. The minimum atomic E-state index is -0.425. The third-order valence-corrected chi connectivity index (χ3v) is 7.17. The van der Waals surface area contributed by atoms with Gasteiger partial charge in [-0.25, -0.2) is 9.37 Å². The molecule has 2 heterocycles. The van der Waals surface area contributed by atoms with Crippen LogP contribution in [-0.2, 0) is 9.47 Å². The van der Waals surface area contributed by atoms with Crippen LogP contribution in [0.5, 0.6) is 0 Å². The lowest BCUT2D eigenvalue weighted by Gasteiger charge is -2.31. The third kappa shape index (κ3) is 6.91. The van der Waals surface area contributed by atoms with Crippen molar-refractivity contribution in [2.45, 2.75) is 50.6 Å². The average Bonchev–Trinajstić information content (AvgIpc) is 2.90. The molecule has 2 aromatic rings. The summed E-state index contributed by atoms with van der Waals surface area (Å²) in [4.78, 5) is 4.30. The van der Waals surface area contributed by atoms with Crippen LogP contribution in [0.3, 0.4) is 0 Å². The molecular weight excluding hydrogens is 445 g/mol. The van der Waals surface area contributed by atoms with Crippen LogP contribution in [0.25, 0.3) is 11.1 Å². The number of nitrogens with zero attached hydrogens (tertiary/aromatic N) is 2. The number of hydrogen-bond donors (Lipinski definition) is 3. The number of nitriles is 1. The summed E-state index contributed by atoms with van der Waals surface area (Å²) < 4.78 is 25.3. The molecule has 0 radical (unpaired) electrons. The standard InChI is InChI=1S/C27H36FN5O2/c1-34-14-11-30-21-5-7-22(8-6-21)33-26-16-24(25(28)17-31-26)20-3-2-4-23(15-20)32-19-27(18-29)9-12-35-13-10-27/h2-4,15-17,21-22,30,32H,5-14,19H2,1H3,(H,31,33). The van der Waals surface area contributed by atoms with Crippen molar-refractivity contribution < 1.29 is 13.9 Å². The van der Waals surface area contributed by atoms with E-state index in [-0.39, 0.29) is 5.82 Å². The van der Waals surface area contributed by atoms with Gasteiger partial charge in [-0.1, -0.05) is 12.1 Å². The molecule has 7 nitrogen and oxygen atoms in total. The Morgan fingerprint density at radius 2 is 1.94 bits per heavy atom. The Morgan fingerprint density at radius 1 is 1.17 bits per heavy atom. The van der Waals surface area contributed by atoms with Gasteiger partial charge in [-0.05, 0) is 62.3 Å². The molecule has 2 aliphatic rings. The predicted molar refractivity (Wildman–Crippen MR) is 136 cm³/mol. The molecule has 1 saturated carbocycles. The van der Waals surface area contributed by atoms with E-state index in [9.17, 15) is 9.65 Å². The maximum atomic E-state index is 14.8. The van der Waals surface area contributed by atoms with E-state index in [1.165, 1.54) is 6.20 Å². The summed E-state index contributed by atoms with van der Waals surface area (Å²) >= 11 is 0. The molecule has 3 N–H and O–H groups in total. The Balaban J connectivity index is 1.38. The number of nitrogens with one attached hydrogen (secondary N) is 3. The third-order valence-electron chi connectivity index (χ3n) is 7.17. The van der Waals surface area contributed by atoms with Crippen molar-refractivity contribution in [2.75, 3.05) is 50.7 Å². The van der Waals surface area contributed by atoms with Crippen molar-refractivity contribution in [3.8, 4) is 17.2 Å². The summed E-state index contributed by atoms with van der Waals surface area (Å²) in [5.41, 5.74) is 1.74. The molecule has 1 saturated heterocycles. The van der Waals surface area contributed by atoms with Gasteiger partial charge in [-0.3, -0.25) is 0 Å². The highest BCUT2D eigenvalue weighted by atomic mass is 19.1. The molecule has 1 aromatic carbocycles. The van der Waals surface area contributed by atoms with Crippen molar-refractivity contribution in [1.29, 1.82) is 5.26 Å². The fraction of sp³-hybridized carbons (Fsp3) is 0.556. The van der Waals surface area contributed by atoms with Crippen LogP contribution in [0.1, 0.15) is 38.5 Å². The smallest absolute Gasteiger partial charge is 0.149 e. The van der Waals surface area contributed by atoms with Crippen LogP contribution in [0.15, 0.2) is 36.5 Å². The Labute approximate surface area is 207 Å². The number of benzene rings is 1. The Hall–Kier alpha value is -2.73. The van der Waals surface area contributed by atoms with Crippen molar-refractivity contribution in [2.24, 2.45) is 5.41 Å². The molecular formula is C27H36FN5O2. The molecule has 4 rings (SSSR count). The first kappa shape index (κ1) is 25.4. The average molecular weight is 482 g/mol. The number of halogens is 1. The summed E-state index contributed by atoms with van der Waals surface area (Å²) in [6, 6.07) is 12.8. The predicted octanol–water partition coefficient (Wildman–Crippen LogP) is 4.58. The van der Waals surface area contributed by atoms with Gasteiger partial charge in [0, 0.05) is 56.7 Å². The summed E-state index contributed by atoms with van der Waals surface area (Å²) in [5.74, 6) is 0.345. The molecule has 188 valence electrons. The molecule has 0 atom stereocenters. The van der Waals surface area contributed by atoms with Gasteiger partial charge in [0.15, 0.2) is 0 Å². The van der Waals surface area contributed by atoms with Crippen LogP contribution in [0, 0.1) is 22.6 Å². The molecule has 2 fully saturated rings. The highest BCUT2D eigenvalue weighted by molar-refractivity contribution is 5.70. The lowest BCUT2D eigenvalue weighted by Crippen LogP contribution is -2.38. The van der Waals surface area contributed by atoms with E-state index >= 15 is 0 Å². The monoisotopic (exact) mass is 481 g/mol. The van der Waals surface area contributed by atoms with E-state index in [1.54, 1.807) is 13.2 Å². The van der Waals surface area contributed by atoms with Gasteiger partial charge in [0.2, 0.25) is 0 Å². The maximum Gasteiger partial charge on any atom is 0.149 e. The summed E-state index contributed by atoms with van der Waals surface area (Å²) in [7, 11) is 1.72.